The molecule has 1 aromatic rings. The first-order chi connectivity index (χ1) is 9.65. The number of pyridine rings is 1. The van der Waals surface area contributed by atoms with Crippen molar-refractivity contribution in [1.82, 2.24) is 9.71 Å². The van der Waals surface area contributed by atoms with E-state index in [1.54, 1.807) is 4.90 Å². The number of aromatic nitrogens is 1. The lowest BCUT2D eigenvalue weighted by atomic mass is 10.1. The zero-order chi connectivity index (χ0) is 15.7. The normalized spacial score (nSPS) is 18.0. The van der Waals surface area contributed by atoms with Gasteiger partial charge < -0.3 is 4.90 Å². The smallest absolute Gasteiger partial charge is 0.371 e. The highest BCUT2D eigenvalue weighted by Gasteiger charge is 2.33. The van der Waals surface area contributed by atoms with Gasteiger partial charge in [0.15, 0.2) is 0 Å². The highest BCUT2D eigenvalue weighted by Crippen LogP contribution is 2.30. The Hall–Kier alpha value is -1.35. The molecule has 0 radical (unpaired) electrons. The zero-order valence-electron chi connectivity index (χ0n) is 11.4. The van der Waals surface area contributed by atoms with Crippen LogP contribution in [0.5, 0.6) is 0 Å². The third kappa shape index (κ3) is 4.57. The zero-order valence-corrected chi connectivity index (χ0v) is 12.2. The van der Waals surface area contributed by atoms with Gasteiger partial charge in [-0.3, -0.25) is 4.98 Å². The average Bonchev–Trinajstić information content (AvgIpc) is 2.37. The third-order valence-electron chi connectivity index (χ3n) is 3.27. The molecule has 1 aliphatic heterocycles. The Morgan fingerprint density at radius 1 is 1.33 bits per heavy atom. The Balaban J connectivity index is 2.03. The number of anilines is 1. The molecule has 0 atom stereocenters. The minimum Gasteiger partial charge on any atom is -0.371 e. The Morgan fingerprint density at radius 2 is 1.95 bits per heavy atom. The van der Waals surface area contributed by atoms with Crippen molar-refractivity contribution >= 4 is 15.7 Å². The molecule has 0 bridgehead atoms. The van der Waals surface area contributed by atoms with Gasteiger partial charge in [-0.15, -0.1) is 0 Å². The summed E-state index contributed by atoms with van der Waals surface area (Å²) in [5, 5.41) is 0. The highest BCUT2D eigenvalue weighted by molar-refractivity contribution is 7.88. The van der Waals surface area contributed by atoms with E-state index in [1.165, 1.54) is 6.07 Å². The summed E-state index contributed by atoms with van der Waals surface area (Å²) < 4.78 is 62.7. The maximum absolute atomic E-state index is 12.6. The molecule has 0 saturated carbocycles. The predicted octanol–water partition coefficient (Wildman–Crippen LogP) is 1.62. The molecule has 0 spiro atoms. The molecule has 1 aromatic heterocycles. The van der Waals surface area contributed by atoms with Gasteiger partial charge in [0, 0.05) is 31.0 Å². The van der Waals surface area contributed by atoms with Crippen molar-refractivity contribution in [3.05, 3.63) is 24.0 Å². The van der Waals surface area contributed by atoms with E-state index in [9.17, 15) is 21.6 Å². The Kier molecular flexibility index (Phi) is 4.43. The molecule has 2 heterocycles. The first-order valence-electron chi connectivity index (χ1n) is 6.41. The lowest BCUT2D eigenvalue weighted by molar-refractivity contribution is -0.141. The van der Waals surface area contributed by atoms with Gasteiger partial charge in [0.25, 0.3) is 0 Å². The monoisotopic (exact) mass is 323 g/mol. The fourth-order valence-electron chi connectivity index (χ4n) is 2.33. The maximum Gasteiger partial charge on any atom is 0.433 e. The van der Waals surface area contributed by atoms with Crippen LogP contribution in [0, 0.1) is 0 Å². The van der Waals surface area contributed by atoms with E-state index in [0.717, 1.165) is 18.5 Å². The van der Waals surface area contributed by atoms with Crippen molar-refractivity contribution in [2.24, 2.45) is 0 Å². The van der Waals surface area contributed by atoms with Gasteiger partial charge in [0.2, 0.25) is 10.0 Å². The van der Waals surface area contributed by atoms with E-state index in [4.69, 9.17) is 0 Å². The summed E-state index contributed by atoms with van der Waals surface area (Å²) in [6, 6.07) is 2.38. The van der Waals surface area contributed by atoms with Crippen molar-refractivity contribution in [1.29, 1.82) is 0 Å². The van der Waals surface area contributed by atoms with Crippen LogP contribution in [0.4, 0.5) is 18.9 Å². The predicted molar refractivity (Wildman–Crippen MR) is 72.5 cm³/mol. The number of nitrogens with one attached hydrogen (secondary N) is 1. The quantitative estimate of drug-likeness (QED) is 0.918. The molecule has 0 aliphatic carbocycles. The number of piperidine rings is 1. The first-order valence-corrected chi connectivity index (χ1v) is 8.30. The third-order valence-corrected chi connectivity index (χ3v) is 4.04. The summed E-state index contributed by atoms with van der Waals surface area (Å²) in [5.74, 6) is 0. The Labute approximate surface area is 121 Å². The molecular weight excluding hydrogens is 307 g/mol. The second-order valence-electron chi connectivity index (χ2n) is 5.05. The molecular formula is C12H16F3N3O2S. The number of hydrogen-bond donors (Lipinski definition) is 1. The highest BCUT2D eigenvalue weighted by atomic mass is 32.2. The van der Waals surface area contributed by atoms with Crippen molar-refractivity contribution in [3.63, 3.8) is 0 Å². The summed E-state index contributed by atoms with van der Waals surface area (Å²) in [7, 11) is -3.26. The van der Waals surface area contributed by atoms with Gasteiger partial charge >= 0.3 is 6.18 Å². The number of alkyl halides is 3. The summed E-state index contributed by atoms with van der Waals surface area (Å²) in [5.41, 5.74) is -0.466. The van der Waals surface area contributed by atoms with E-state index in [1.807, 2.05) is 0 Å². The van der Waals surface area contributed by atoms with Crippen LogP contribution in [0.15, 0.2) is 18.3 Å². The van der Waals surface area contributed by atoms with Crippen LogP contribution < -0.4 is 9.62 Å². The molecule has 1 aliphatic rings. The van der Waals surface area contributed by atoms with E-state index in [-0.39, 0.29) is 6.04 Å². The minimum atomic E-state index is -4.47. The SMILES string of the molecule is CS(=O)(=O)NC1CCN(c2ccnc(C(F)(F)F)c2)CC1. The summed E-state index contributed by atoms with van der Waals surface area (Å²) in [4.78, 5) is 5.13. The molecule has 1 fully saturated rings. The number of nitrogens with zero attached hydrogens (tertiary/aromatic N) is 2. The van der Waals surface area contributed by atoms with Gasteiger partial charge in [0.1, 0.15) is 5.69 Å². The summed E-state index contributed by atoms with van der Waals surface area (Å²) >= 11 is 0. The van der Waals surface area contributed by atoms with E-state index >= 15 is 0 Å². The molecule has 0 amide bonds. The van der Waals surface area contributed by atoms with E-state index < -0.39 is 21.9 Å². The molecule has 2 rings (SSSR count). The Morgan fingerprint density at radius 3 is 2.48 bits per heavy atom. The van der Waals surface area contributed by atoms with Crippen LogP contribution in [-0.2, 0) is 16.2 Å². The van der Waals surface area contributed by atoms with Crippen LogP contribution in [0.3, 0.4) is 0 Å². The van der Waals surface area contributed by atoms with Gasteiger partial charge in [0.05, 0.1) is 6.26 Å². The number of sulfonamides is 1. The van der Waals surface area contributed by atoms with Gasteiger partial charge in [-0.1, -0.05) is 0 Å². The van der Waals surface area contributed by atoms with Crippen molar-refractivity contribution in [2.75, 3.05) is 24.2 Å². The van der Waals surface area contributed by atoms with Crippen LogP contribution >= 0.6 is 0 Å². The van der Waals surface area contributed by atoms with Crippen molar-refractivity contribution < 1.29 is 21.6 Å². The lowest BCUT2D eigenvalue weighted by Gasteiger charge is -2.33. The summed E-state index contributed by atoms with van der Waals surface area (Å²) in [6.07, 6.45) is -1.13. The topological polar surface area (TPSA) is 62.3 Å². The molecule has 21 heavy (non-hydrogen) atoms. The van der Waals surface area contributed by atoms with Gasteiger partial charge in [-0.2, -0.15) is 13.2 Å². The van der Waals surface area contributed by atoms with Crippen molar-refractivity contribution in [2.45, 2.75) is 25.1 Å². The maximum atomic E-state index is 12.6. The second kappa shape index (κ2) is 5.80. The molecule has 0 aromatic carbocycles. The Bertz CT molecular complexity index is 596. The average molecular weight is 323 g/mol. The molecule has 1 N–H and O–H groups in total. The molecule has 0 unspecified atom stereocenters. The van der Waals surface area contributed by atoms with Crippen LogP contribution in [-0.4, -0.2) is 38.8 Å². The number of hydrogen-bond acceptors (Lipinski definition) is 4. The largest absolute Gasteiger partial charge is 0.433 e. The fourth-order valence-corrected chi connectivity index (χ4v) is 3.17. The molecule has 5 nitrogen and oxygen atoms in total. The van der Waals surface area contributed by atoms with E-state index in [0.29, 0.717) is 31.6 Å². The fraction of sp³-hybridized carbons (Fsp3) is 0.583. The van der Waals surface area contributed by atoms with E-state index in [2.05, 4.69) is 9.71 Å². The standard InChI is InChI=1S/C12H16F3N3O2S/c1-21(19,20)17-9-3-6-18(7-4-9)10-2-5-16-11(8-10)12(13,14)15/h2,5,8-9,17H,3-4,6-7H2,1H3. The van der Waals surface area contributed by atoms with Gasteiger partial charge in [-0.25, -0.2) is 13.1 Å². The molecule has 9 heteroatoms. The molecule has 1 saturated heterocycles. The van der Waals surface area contributed by atoms with Gasteiger partial charge in [-0.05, 0) is 25.0 Å². The number of rotatable bonds is 3. The second-order valence-corrected chi connectivity index (χ2v) is 6.83. The first kappa shape index (κ1) is 16.0. The summed E-state index contributed by atoms with van der Waals surface area (Å²) in [6.45, 7) is 0.989. The molecule has 118 valence electrons. The number of halogens is 3. The minimum absolute atomic E-state index is 0.167. The van der Waals surface area contributed by atoms with Crippen LogP contribution in [0.1, 0.15) is 18.5 Å². The lowest BCUT2D eigenvalue weighted by Crippen LogP contribution is -2.44. The van der Waals surface area contributed by atoms with Crippen LogP contribution in [0.25, 0.3) is 0 Å². The van der Waals surface area contributed by atoms with Crippen molar-refractivity contribution in [3.8, 4) is 0 Å². The van der Waals surface area contributed by atoms with Crippen LogP contribution in [0.2, 0.25) is 0 Å².